The first-order valence-electron chi connectivity index (χ1n) is 7.05. The first-order chi connectivity index (χ1) is 8.79. The van der Waals surface area contributed by atoms with Crippen molar-refractivity contribution in [2.75, 3.05) is 0 Å². The third-order valence-corrected chi connectivity index (χ3v) is 3.49. The van der Waals surface area contributed by atoms with Gasteiger partial charge in [0.1, 0.15) is 11.3 Å². The van der Waals surface area contributed by atoms with Crippen molar-refractivity contribution in [1.29, 1.82) is 0 Å². The van der Waals surface area contributed by atoms with E-state index in [1.807, 2.05) is 0 Å². The molecule has 0 spiro atoms. The fraction of sp³-hybridized carbons (Fsp3) is 0.529. The minimum absolute atomic E-state index is 0.103. The van der Waals surface area contributed by atoms with Crippen molar-refractivity contribution in [3.8, 4) is 0 Å². The second kappa shape index (κ2) is 5.01. The monoisotopic (exact) mass is 259 g/mol. The van der Waals surface area contributed by atoms with Gasteiger partial charge in [-0.15, -0.1) is 0 Å². The van der Waals surface area contributed by atoms with Gasteiger partial charge in [0.15, 0.2) is 0 Å². The zero-order valence-electron chi connectivity index (χ0n) is 12.9. The SMILES string of the molecule is Cc1c(CNC(C)(C)C)oc2c(C(C)C)cccc12. The van der Waals surface area contributed by atoms with E-state index in [0.29, 0.717) is 5.92 Å². The Morgan fingerprint density at radius 2 is 1.89 bits per heavy atom. The fourth-order valence-corrected chi connectivity index (χ4v) is 2.28. The van der Waals surface area contributed by atoms with Gasteiger partial charge in [0.25, 0.3) is 0 Å². The number of hydrogen-bond donors (Lipinski definition) is 1. The molecule has 0 unspecified atom stereocenters. The second-order valence-electron chi connectivity index (χ2n) is 6.63. The summed E-state index contributed by atoms with van der Waals surface area (Å²) in [4.78, 5) is 0. The number of hydrogen-bond acceptors (Lipinski definition) is 2. The van der Waals surface area contributed by atoms with Gasteiger partial charge in [0.05, 0.1) is 6.54 Å². The third-order valence-electron chi connectivity index (χ3n) is 3.49. The largest absolute Gasteiger partial charge is 0.459 e. The van der Waals surface area contributed by atoms with E-state index in [-0.39, 0.29) is 5.54 Å². The van der Waals surface area contributed by atoms with Crippen molar-refractivity contribution in [3.63, 3.8) is 0 Å². The molecule has 0 saturated heterocycles. The van der Waals surface area contributed by atoms with Gasteiger partial charge in [-0.3, -0.25) is 0 Å². The van der Waals surface area contributed by atoms with Gasteiger partial charge in [-0.1, -0.05) is 32.0 Å². The van der Waals surface area contributed by atoms with Crippen LogP contribution in [-0.4, -0.2) is 5.54 Å². The van der Waals surface area contributed by atoms with Gasteiger partial charge in [0.2, 0.25) is 0 Å². The molecule has 0 aliphatic heterocycles. The summed E-state index contributed by atoms with van der Waals surface area (Å²) in [7, 11) is 0. The lowest BCUT2D eigenvalue weighted by Gasteiger charge is -2.19. The molecule has 1 N–H and O–H groups in total. The minimum atomic E-state index is 0.103. The summed E-state index contributed by atoms with van der Waals surface area (Å²) in [5.74, 6) is 1.54. The van der Waals surface area contributed by atoms with E-state index in [2.05, 4.69) is 65.1 Å². The number of benzene rings is 1. The normalized spacial score (nSPS) is 12.6. The summed E-state index contributed by atoms with van der Waals surface area (Å²) < 4.78 is 6.12. The van der Waals surface area contributed by atoms with E-state index >= 15 is 0 Å². The molecule has 2 heteroatoms. The first-order valence-corrected chi connectivity index (χ1v) is 7.05. The third kappa shape index (κ3) is 3.01. The molecule has 1 aromatic carbocycles. The maximum atomic E-state index is 6.12. The van der Waals surface area contributed by atoms with Crippen molar-refractivity contribution in [2.45, 2.75) is 59.5 Å². The molecular formula is C17H25NO. The average molecular weight is 259 g/mol. The molecule has 0 atom stereocenters. The summed E-state index contributed by atoms with van der Waals surface area (Å²) >= 11 is 0. The van der Waals surface area contributed by atoms with Crippen molar-refractivity contribution in [1.82, 2.24) is 5.32 Å². The van der Waals surface area contributed by atoms with E-state index in [1.54, 1.807) is 0 Å². The van der Waals surface area contributed by atoms with Crippen LogP contribution in [-0.2, 0) is 6.54 Å². The number of rotatable bonds is 3. The maximum absolute atomic E-state index is 6.12. The number of furan rings is 1. The van der Waals surface area contributed by atoms with Crippen molar-refractivity contribution in [3.05, 3.63) is 35.1 Å². The van der Waals surface area contributed by atoms with Crippen LogP contribution >= 0.6 is 0 Å². The molecule has 0 amide bonds. The summed E-state index contributed by atoms with van der Waals surface area (Å²) in [5, 5.41) is 4.74. The fourth-order valence-electron chi connectivity index (χ4n) is 2.28. The van der Waals surface area contributed by atoms with Gasteiger partial charge in [-0.25, -0.2) is 0 Å². The first kappa shape index (κ1) is 14.1. The molecule has 2 nitrogen and oxygen atoms in total. The molecule has 0 saturated carbocycles. The number of fused-ring (bicyclic) bond motifs is 1. The van der Waals surface area contributed by atoms with Gasteiger partial charge in [-0.05, 0) is 44.7 Å². The van der Waals surface area contributed by atoms with E-state index in [1.165, 1.54) is 16.5 Å². The molecular weight excluding hydrogens is 234 g/mol. The van der Waals surface area contributed by atoms with E-state index in [4.69, 9.17) is 4.42 Å². The summed E-state index contributed by atoms with van der Waals surface area (Å²) in [6.45, 7) is 13.9. The maximum Gasteiger partial charge on any atom is 0.138 e. The van der Waals surface area contributed by atoms with Crippen molar-refractivity contribution >= 4 is 11.0 Å². The molecule has 0 aliphatic carbocycles. The summed E-state index contributed by atoms with van der Waals surface area (Å²) in [6.07, 6.45) is 0. The Hall–Kier alpha value is -1.28. The van der Waals surface area contributed by atoms with Crippen LogP contribution in [0.5, 0.6) is 0 Å². The molecule has 19 heavy (non-hydrogen) atoms. The summed E-state index contributed by atoms with van der Waals surface area (Å²) in [6, 6.07) is 6.44. The molecule has 1 aromatic heterocycles. The number of aryl methyl sites for hydroxylation is 1. The molecule has 2 aromatic rings. The standard InChI is InChI=1S/C17H25NO/c1-11(2)13-8-7-9-14-12(3)15(19-16(13)14)10-18-17(4,5)6/h7-9,11,18H,10H2,1-6H3. The van der Waals surface area contributed by atoms with Crippen LogP contribution in [0.3, 0.4) is 0 Å². The van der Waals surface area contributed by atoms with Crippen LogP contribution in [0.4, 0.5) is 0 Å². The lowest BCUT2D eigenvalue weighted by molar-refractivity contribution is 0.393. The van der Waals surface area contributed by atoms with E-state index < -0.39 is 0 Å². The Kier molecular flexibility index (Phi) is 3.73. The van der Waals surface area contributed by atoms with Gasteiger partial charge in [0, 0.05) is 10.9 Å². The highest BCUT2D eigenvalue weighted by Gasteiger charge is 2.16. The molecule has 0 radical (unpaired) electrons. The number of para-hydroxylation sites is 1. The highest BCUT2D eigenvalue weighted by molar-refractivity contribution is 5.85. The zero-order chi connectivity index (χ0) is 14.2. The van der Waals surface area contributed by atoms with E-state index in [9.17, 15) is 0 Å². The highest BCUT2D eigenvalue weighted by atomic mass is 16.3. The molecule has 1 heterocycles. The number of nitrogens with one attached hydrogen (secondary N) is 1. The Morgan fingerprint density at radius 1 is 1.21 bits per heavy atom. The zero-order valence-corrected chi connectivity index (χ0v) is 12.9. The highest BCUT2D eigenvalue weighted by Crippen LogP contribution is 2.31. The van der Waals surface area contributed by atoms with Crippen LogP contribution < -0.4 is 5.32 Å². The lowest BCUT2D eigenvalue weighted by Crippen LogP contribution is -2.35. The Bertz CT molecular complexity index is 573. The molecule has 2 rings (SSSR count). The van der Waals surface area contributed by atoms with Crippen LogP contribution in [0.15, 0.2) is 22.6 Å². The van der Waals surface area contributed by atoms with Crippen LogP contribution in [0.2, 0.25) is 0 Å². The molecule has 0 fully saturated rings. The van der Waals surface area contributed by atoms with E-state index in [0.717, 1.165) is 17.9 Å². The quantitative estimate of drug-likeness (QED) is 0.860. The Balaban J connectivity index is 2.42. The molecule has 104 valence electrons. The molecule has 0 bridgehead atoms. The Labute approximate surface area is 116 Å². The topological polar surface area (TPSA) is 25.2 Å². The van der Waals surface area contributed by atoms with Crippen LogP contribution in [0.25, 0.3) is 11.0 Å². The van der Waals surface area contributed by atoms with Crippen molar-refractivity contribution < 1.29 is 4.42 Å². The second-order valence-corrected chi connectivity index (χ2v) is 6.63. The van der Waals surface area contributed by atoms with Crippen molar-refractivity contribution in [2.24, 2.45) is 0 Å². The van der Waals surface area contributed by atoms with Gasteiger partial charge < -0.3 is 9.73 Å². The molecule has 0 aliphatic rings. The van der Waals surface area contributed by atoms with Gasteiger partial charge in [-0.2, -0.15) is 0 Å². The predicted octanol–water partition coefficient (Wildman–Crippen LogP) is 4.75. The average Bonchev–Trinajstić information content (AvgIpc) is 2.63. The smallest absolute Gasteiger partial charge is 0.138 e. The van der Waals surface area contributed by atoms with Crippen LogP contribution in [0.1, 0.15) is 57.4 Å². The Morgan fingerprint density at radius 3 is 2.47 bits per heavy atom. The van der Waals surface area contributed by atoms with Crippen LogP contribution in [0, 0.1) is 6.92 Å². The predicted molar refractivity (Wildman–Crippen MR) is 81.6 cm³/mol. The lowest BCUT2D eigenvalue weighted by atomic mass is 10.00. The summed E-state index contributed by atoms with van der Waals surface area (Å²) in [5.41, 5.74) is 3.71. The van der Waals surface area contributed by atoms with Gasteiger partial charge >= 0.3 is 0 Å². The minimum Gasteiger partial charge on any atom is -0.459 e.